The molecule has 9 heteroatoms. The summed E-state index contributed by atoms with van der Waals surface area (Å²) in [4.78, 5) is 12.2. The van der Waals surface area contributed by atoms with E-state index in [2.05, 4.69) is 4.98 Å². The van der Waals surface area contributed by atoms with Crippen molar-refractivity contribution in [3.8, 4) is 0 Å². The molecule has 0 radical (unpaired) electrons. The van der Waals surface area contributed by atoms with Gasteiger partial charge >= 0.3 is 6.18 Å². The third-order valence-corrected chi connectivity index (χ3v) is 1.90. The van der Waals surface area contributed by atoms with Crippen LogP contribution in [-0.4, -0.2) is 9.91 Å². The van der Waals surface area contributed by atoms with Crippen LogP contribution in [0.3, 0.4) is 0 Å². The van der Waals surface area contributed by atoms with E-state index in [9.17, 15) is 32.1 Å². The normalized spacial score (nSPS) is 11.9. The Bertz CT molecular complexity index is 458. The number of hydrogen-bond acceptors (Lipinski definition) is 3. The Balaban J connectivity index is 3.52. The van der Waals surface area contributed by atoms with E-state index in [1.54, 1.807) is 0 Å². The third kappa shape index (κ3) is 2.66. The number of rotatable bonds is 2. The van der Waals surface area contributed by atoms with E-state index in [1.165, 1.54) is 0 Å². The molecule has 1 rings (SSSR count). The zero-order valence-electron chi connectivity index (χ0n) is 8.26. The standard InChI is InChI=1S/C8H5F5N2O2/c1-3-6(15(16)17)4(7(9)10)2-5(14-3)8(11,12)13/h2,7H,1H3. The maximum Gasteiger partial charge on any atom is 0.433 e. The Kier molecular flexibility index (Phi) is 3.30. The second-order valence-electron chi connectivity index (χ2n) is 3.09. The van der Waals surface area contributed by atoms with E-state index < -0.39 is 40.2 Å². The van der Waals surface area contributed by atoms with Crippen LogP contribution in [0.25, 0.3) is 0 Å². The molecule has 0 unspecified atom stereocenters. The van der Waals surface area contributed by atoms with Crippen LogP contribution >= 0.6 is 0 Å². The van der Waals surface area contributed by atoms with Crippen molar-refractivity contribution in [1.29, 1.82) is 0 Å². The summed E-state index contributed by atoms with van der Waals surface area (Å²) >= 11 is 0. The van der Waals surface area contributed by atoms with Crippen molar-refractivity contribution < 1.29 is 26.9 Å². The minimum atomic E-state index is -4.93. The molecule has 0 amide bonds. The minimum absolute atomic E-state index is 0.00417. The largest absolute Gasteiger partial charge is 0.433 e. The van der Waals surface area contributed by atoms with Crippen molar-refractivity contribution in [2.24, 2.45) is 0 Å². The molecular formula is C8H5F5N2O2. The number of hydrogen-bond donors (Lipinski definition) is 0. The summed E-state index contributed by atoms with van der Waals surface area (Å²) in [7, 11) is 0. The lowest BCUT2D eigenvalue weighted by Gasteiger charge is -2.10. The van der Waals surface area contributed by atoms with E-state index in [-0.39, 0.29) is 6.07 Å². The molecule has 0 saturated carbocycles. The van der Waals surface area contributed by atoms with Gasteiger partial charge in [0.2, 0.25) is 0 Å². The van der Waals surface area contributed by atoms with Crippen LogP contribution in [0.1, 0.15) is 23.4 Å². The maximum atomic E-state index is 12.4. The molecule has 0 spiro atoms. The van der Waals surface area contributed by atoms with Gasteiger partial charge in [-0.3, -0.25) is 10.1 Å². The fourth-order valence-electron chi connectivity index (χ4n) is 1.24. The van der Waals surface area contributed by atoms with E-state index in [1.807, 2.05) is 0 Å². The number of pyridine rings is 1. The van der Waals surface area contributed by atoms with Crippen molar-refractivity contribution in [3.63, 3.8) is 0 Å². The molecule has 4 nitrogen and oxygen atoms in total. The quantitative estimate of drug-likeness (QED) is 0.463. The Labute approximate surface area is 91.2 Å². The molecule has 94 valence electrons. The van der Waals surface area contributed by atoms with Crippen LogP contribution in [0.15, 0.2) is 6.07 Å². The molecule has 17 heavy (non-hydrogen) atoms. The lowest BCUT2D eigenvalue weighted by Crippen LogP contribution is -2.12. The number of nitro groups is 1. The first kappa shape index (κ1) is 13.3. The molecule has 0 bridgehead atoms. The fourth-order valence-corrected chi connectivity index (χ4v) is 1.24. The number of nitrogens with zero attached hydrogens (tertiary/aromatic N) is 2. The zero-order valence-corrected chi connectivity index (χ0v) is 8.26. The Hall–Kier alpha value is -1.80. The Morgan fingerprint density at radius 3 is 2.29 bits per heavy atom. The monoisotopic (exact) mass is 256 g/mol. The second kappa shape index (κ2) is 4.22. The van der Waals surface area contributed by atoms with E-state index >= 15 is 0 Å². The van der Waals surface area contributed by atoms with Crippen LogP contribution in [-0.2, 0) is 6.18 Å². The van der Waals surface area contributed by atoms with Gasteiger partial charge in [0, 0.05) is 0 Å². The molecule has 0 fully saturated rings. The first-order chi connectivity index (χ1) is 7.64. The molecule has 1 aromatic rings. The predicted octanol–water partition coefficient (Wildman–Crippen LogP) is 3.25. The van der Waals surface area contributed by atoms with Crippen LogP contribution < -0.4 is 0 Å². The number of alkyl halides is 5. The Morgan fingerprint density at radius 2 is 1.94 bits per heavy atom. The summed E-state index contributed by atoms with van der Waals surface area (Å²) < 4.78 is 61.7. The third-order valence-electron chi connectivity index (χ3n) is 1.90. The highest BCUT2D eigenvalue weighted by atomic mass is 19.4. The molecule has 1 aromatic heterocycles. The van der Waals surface area contributed by atoms with E-state index in [4.69, 9.17) is 0 Å². The molecule has 0 aromatic carbocycles. The molecule has 0 aliphatic heterocycles. The van der Waals surface area contributed by atoms with Crippen LogP contribution in [0.5, 0.6) is 0 Å². The predicted molar refractivity (Wildman–Crippen MR) is 45.6 cm³/mol. The van der Waals surface area contributed by atoms with Gasteiger partial charge in [0.15, 0.2) is 0 Å². The van der Waals surface area contributed by atoms with Crippen molar-refractivity contribution in [3.05, 3.63) is 33.1 Å². The SMILES string of the molecule is Cc1nc(C(F)(F)F)cc(C(F)F)c1[N+](=O)[O-]. The Morgan fingerprint density at radius 1 is 1.41 bits per heavy atom. The van der Waals surface area contributed by atoms with Crippen LogP contribution in [0.4, 0.5) is 27.6 Å². The van der Waals surface area contributed by atoms with Gasteiger partial charge in [-0.15, -0.1) is 0 Å². The molecule has 0 aliphatic carbocycles. The average Bonchev–Trinajstić information content (AvgIpc) is 2.13. The first-order valence-corrected chi connectivity index (χ1v) is 4.16. The average molecular weight is 256 g/mol. The van der Waals surface area contributed by atoms with Gasteiger partial charge in [0.05, 0.1) is 10.5 Å². The highest BCUT2D eigenvalue weighted by Gasteiger charge is 2.37. The minimum Gasteiger partial charge on any atom is -0.258 e. The van der Waals surface area contributed by atoms with Crippen molar-refractivity contribution in [2.75, 3.05) is 0 Å². The summed E-state index contributed by atoms with van der Waals surface area (Å²) in [6.45, 7) is 0.874. The lowest BCUT2D eigenvalue weighted by atomic mass is 10.1. The van der Waals surface area contributed by atoms with Gasteiger partial charge in [-0.2, -0.15) is 13.2 Å². The maximum absolute atomic E-state index is 12.4. The van der Waals surface area contributed by atoms with Gasteiger partial charge in [0.25, 0.3) is 12.1 Å². The number of halogens is 5. The molecule has 0 saturated heterocycles. The summed E-state index contributed by atoms with van der Waals surface area (Å²) in [5, 5.41) is 10.5. The molecule has 1 heterocycles. The number of aromatic nitrogens is 1. The zero-order chi connectivity index (χ0) is 13.4. The van der Waals surface area contributed by atoms with Crippen LogP contribution in [0, 0.1) is 17.0 Å². The highest BCUT2D eigenvalue weighted by Crippen LogP contribution is 2.36. The smallest absolute Gasteiger partial charge is 0.258 e. The van der Waals surface area contributed by atoms with Gasteiger partial charge in [0.1, 0.15) is 11.4 Å². The van der Waals surface area contributed by atoms with Gasteiger partial charge in [-0.1, -0.05) is 0 Å². The molecule has 0 atom stereocenters. The second-order valence-corrected chi connectivity index (χ2v) is 3.09. The van der Waals surface area contributed by atoms with Crippen molar-refractivity contribution in [2.45, 2.75) is 19.5 Å². The topological polar surface area (TPSA) is 56.0 Å². The molecule has 0 N–H and O–H groups in total. The van der Waals surface area contributed by atoms with Crippen molar-refractivity contribution in [1.82, 2.24) is 4.98 Å². The number of aryl methyl sites for hydroxylation is 1. The molecular weight excluding hydrogens is 251 g/mol. The summed E-state index contributed by atoms with van der Waals surface area (Å²) in [6.07, 6.45) is -8.30. The fraction of sp³-hybridized carbons (Fsp3) is 0.375. The summed E-state index contributed by atoms with van der Waals surface area (Å²) in [6, 6.07) is -0.00417. The first-order valence-electron chi connectivity index (χ1n) is 4.16. The van der Waals surface area contributed by atoms with Gasteiger partial charge < -0.3 is 0 Å². The summed E-state index contributed by atoms with van der Waals surface area (Å²) in [5.41, 5.74) is -4.64. The lowest BCUT2D eigenvalue weighted by molar-refractivity contribution is -0.387. The van der Waals surface area contributed by atoms with Crippen LogP contribution in [0.2, 0.25) is 0 Å². The summed E-state index contributed by atoms with van der Waals surface area (Å²) in [5.74, 6) is 0. The van der Waals surface area contributed by atoms with Gasteiger partial charge in [-0.25, -0.2) is 13.8 Å². The van der Waals surface area contributed by atoms with E-state index in [0.717, 1.165) is 6.92 Å². The van der Waals surface area contributed by atoms with Crippen molar-refractivity contribution >= 4 is 5.69 Å². The highest BCUT2D eigenvalue weighted by molar-refractivity contribution is 5.46. The van der Waals surface area contributed by atoms with Gasteiger partial charge in [-0.05, 0) is 13.0 Å². The van der Waals surface area contributed by atoms with E-state index in [0.29, 0.717) is 0 Å². The molecule has 0 aliphatic rings.